The smallest absolute Gasteiger partial charge is 0.216 e. The van der Waals surface area contributed by atoms with Crippen molar-refractivity contribution in [1.29, 1.82) is 0 Å². The molecule has 0 aromatic rings. The molecule has 0 heterocycles. The lowest BCUT2D eigenvalue weighted by Gasteiger charge is -2.22. The van der Waals surface area contributed by atoms with Crippen LogP contribution in [0.5, 0.6) is 0 Å². The zero-order valence-corrected chi connectivity index (χ0v) is 7.44. The van der Waals surface area contributed by atoms with Crippen LogP contribution in [0, 0.1) is 5.41 Å². The molecule has 0 aromatic carbocycles. The number of rotatable bonds is 2. The summed E-state index contributed by atoms with van der Waals surface area (Å²) in [5.41, 5.74) is 0.395. The maximum absolute atomic E-state index is 10.6. The van der Waals surface area contributed by atoms with E-state index in [0.717, 1.165) is 6.54 Å². The van der Waals surface area contributed by atoms with E-state index in [4.69, 9.17) is 0 Å². The average molecular weight is 155 g/mol. The second-order valence-electron chi connectivity index (χ2n) is 3.93. The van der Waals surface area contributed by atoms with E-state index in [1.807, 2.05) is 0 Å². The first-order valence-corrected chi connectivity index (χ1v) is 4.37. The minimum absolute atomic E-state index is 0.0955. The van der Waals surface area contributed by atoms with E-state index in [1.165, 1.54) is 25.7 Å². The number of amides is 1. The molecule has 1 aliphatic carbocycles. The van der Waals surface area contributed by atoms with Crippen LogP contribution in [-0.4, -0.2) is 12.5 Å². The molecule has 0 aliphatic heterocycles. The fraction of sp³-hybridized carbons (Fsp3) is 0.889. The normalized spacial score (nSPS) is 21.6. The van der Waals surface area contributed by atoms with Gasteiger partial charge in [-0.05, 0) is 18.3 Å². The van der Waals surface area contributed by atoms with Gasteiger partial charge in [-0.2, -0.15) is 0 Å². The van der Waals surface area contributed by atoms with Gasteiger partial charge in [0.05, 0.1) is 0 Å². The van der Waals surface area contributed by atoms with E-state index < -0.39 is 0 Å². The van der Waals surface area contributed by atoms with Crippen LogP contribution in [-0.2, 0) is 4.79 Å². The van der Waals surface area contributed by atoms with E-state index in [2.05, 4.69) is 12.2 Å². The molecule has 2 nitrogen and oxygen atoms in total. The second kappa shape index (κ2) is 3.24. The van der Waals surface area contributed by atoms with Crippen molar-refractivity contribution in [3.8, 4) is 0 Å². The molecule has 0 radical (unpaired) electrons. The first kappa shape index (κ1) is 8.57. The molecule has 1 saturated carbocycles. The van der Waals surface area contributed by atoms with Crippen LogP contribution in [0.3, 0.4) is 0 Å². The Kier molecular flexibility index (Phi) is 2.53. The van der Waals surface area contributed by atoms with Crippen molar-refractivity contribution in [3.05, 3.63) is 0 Å². The predicted octanol–water partition coefficient (Wildman–Crippen LogP) is 1.70. The van der Waals surface area contributed by atoms with Crippen molar-refractivity contribution in [3.63, 3.8) is 0 Å². The van der Waals surface area contributed by atoms with Crippen LogP contribution in [0.4, 0.5) is 0 Å². The van der Waals surface area contributed by atoms with Gasteiger partial charge in [-0.25, -0.2) is 0 Å². The fourth-order valence-corrected chi connectivity index (χ4v) is 1.74. The lowest BCUT2D eigenvalue weighted by atomic mass is 9.89. The summed E-state index contributed by atoms with van der Waals surface area (Å²) in [6.45, 7) is 4.70. The first-order chi connectivity index (χ1) is 5.12. The molecule has 11 heavy (non-hydrogen) atoms. The van der Waals surface area contributed by atoms with Crippen molar-refractivity contribution >= 4 is 5.91 Å². The van der Waals surface area contributed by atoms with Crippen molar-refractivity contribution in [2.75, 3.05) is 6.54 Å². The monoisotopic (exact) mass is 155 g/mol. The summed E-state index contributed by atoms with van der Waals surface area (Å²) in [5.74, 6) is 0.0955. The molecule has 0 aromatic heterocycles. The molecule has 64 valence electrons. The lowest BCUT2D eigenvalue weighted by molar-refractivity contribution is -0.119. The fourth-order valence-electron chi connectivity index (χ4n) is 1.74. The van der Waals surface area contributed by atoms with Gasteiger partial charge in [-0.1, -0.05) is 19.8 Å². The average Bonchev–Trinajstić information content (AvgIpc) is 2.33. The molecule has 0 bridgehead atoms. The van der Waals surface area contributed by atoms with Crippen LogP contribution >= 0.6 is 0 Å². The lowest BCUT2D eigenvalue weighted by Crippen LogP contribution is -2.32. The van der Waals surface area contributed by atoms with Gasteiger partial charge >= 0.3 is 0 Å². The zero-order valence-electron chi connectivity index (χ0n) is 7.44. The number of carbonyl (C=O) groups excluding carboxylic acids is 1. The van der Waals surface area contributed by atoms with Gasteiger partial charge in [0.15, 0.2) is 0 Å². The molecule has 0 unspecified atom stereocenters. The standard InChI is InChI=1S/C9H17NO/c1-8(11)10-7-9(2)5-3-4-6-9/h3-7H2,1-2H3,(H,10,11). The van der Waals surface area contributed by atoms with Crippen LogP contribution in [0.2, 0.25) is 0 Å². The number of nitrogens with one attached hydrogen (secondary N) is 1. The molecule has 0 atom stereocenters. The second-order valence-corrected chi connectivity index (χ2v) is 3.93. The van der Waals surface area contributed by atoms with Crippen molar-refractivity contribution in [1.82, 2.24) is 5.32 Å². The Hall–Kier alpha value is -0.530. The quantitative estimate of drug-likeness (QED) is 0.646. The van der Waals surface area contributed by atoms with Crippen LogP contribution in [0.25, 0.3) is 0 Å². The Morgan fingerprint density at radius 3 is 2.45 bits per heavy atom. The number of hydrogen-bond acceptors (Lipinski definition) is 1. The van der Waals surface area contributed by atoms with E-state index in [-0.39, 0.29) is 5.91 Å². The third-order valence-corrected chi connectivity index (χ3v) is 2.57. The highest BCUT2D eigenvalue weighted by molar-refractivity contribution is 5.72. The summed E-state index contributed by atoms with van der Waals surface area (Å²) in [6.07, 6.45) is 5.20. The molecule has 0 spiro atoms. The third kappa shape index (κ3) is 2.52. The highest BCUT2D eigenvalue weighted by Gasteiger charge is 2.28. The molecule has 1 aliphatic rings. The minimum atomic E-state index is 0.0955. The molecule has 0 saturated heterocycles. The highest BCUT2D eigenvalue weighted by atomic mass is 16.1. The third-order valence-electron chi connectivity index (χ3n) is 2.57. The SMILES string of the molecule is CC(=O)NCC1(C)CCCC1. The van der Waals surface area contributed by atoms with Gasteiger partial charge < -0.3 is 5.32 Å². The number of carbonyl (C=O) groups is 1. The highest BCUT2D eigenvalue weighted by Crippen LogP contribution is 2.36. The summed E-state index contributed by atoms with van der Waals surface area (Å²) in [5, 5.41) is 2.89. The molecule has 2 heteroatoms. The maximum Gasteiger partial charge on any atom is 0.216 e. The van der Waals surface area contributed by atoms with Gasteiger partial charge in [0, 0.05) is 13.5 Å². The van der Waals surface area contributed by atoms with Crippen molar-refractivity contribution < 1.29 is 4.79 Å². The van der Waals surface area contributed by atoms with Crippen LogP contribution in [0.15, 0.2) is 0 Å². The van der Waals surface area contributed by atoms with Gasteiger partial charge in [-0.3, -0.25) is 4.79 Å². The van der Waals surface area contributed by atoms with Gasteiger partial charge in [0.1, 0.15) is 0 Å². The van der Waals surface area contributed by atoms with Gasteiger partial charge in [0.2, 0.25) is 5.91 Å². The Balaban J connectivity index is 2.28. The summed E-state index contributed by atoms with van der Waals surface area (Å²) < 4.78 is 0. The van der Waals surface area contributed by atoms with Crippen LogP contribution in [0.1, 0.15) is 39.5 Å². The number of hydrogen-bond donors (Lipinski definition) is 1. The predicted molar refractivity (Wildman–Crippen MR) is 45.3 cm³/mol. The zero-order chi connectivity index (χ0) is 8.32. The van der Waals surface area contributed by atoms with E-state index >= 15 is 0 Å². The molecular weight excluding hydrogens is 138 g/mol. The molecule has 1 amide bonds. The van der Waals surface area contributed by atoms with E-state index in [9.17, 15) is 4.79 Å². The van der Waals surface area contributed by atoms with Gasteiger partial charge in [-0.15, -0.1) is 0 Å². The van der Waals surface area contributed by atoms with E-state index in [1.54, 1.807) is 6.92 Å². The Bertz CT molecular complexity index is 148. The molecule has 1 N–H and O–H groups in total. The maximum atomic E-state index is 10.6. The summed E-state index contributed by atoms with van der Waals surface area (Å²) >= 11 is 0. The van der Waals surface area contributed by atoms with Crippen LogP contribution < -0.4 is 5.32 Å². The largest absolute Gasteiger partial charge is 0.356 e. The van der Waals surface area contributed by atoms with Crippen molar-refractivity contribution in [2.45, 2.75) is 39.5 Å². The Morgan fingerprint density at radius 1 is 1.45 bits per heavy atom. The first-order valence-electron chi connectivity index (χ1n) is 4.37. The van der Waals surface area contributed by atoms with Crippen molar-refractivity contribution in [2.24, 2.45) is 5.41 Å². The minimum Gasteiger partial charge on any atom is -0.356 e. The summed E-state index contributed by atoms with van der Waals surface area (Å²) in [4.78, 5) is 10.6. The summed E-state index contributed by atoms with van der Waals surface area (Å²) in [7, 11) is 0. The van der Waals surface area contributed by atoms with Gasteiger partial charge in [0.25, 0.3) is 0 Å². The molecular formula is C9H17NO. The van der Waals surface area contributed by atoms with E-state index in [0.29, 0.717) is 5.41 Å². The Morgan fingerprint density at radius 2 is 2.00 bits per heavy atom. The summed E-state index contributed by atoms with van der Waals surface area (Å²) in [6, 6.07) is 0. The Labute approximate surface area is 68.4 Å². The molecule has 1 rings (SSSR count). The molecule has 1 fully saturated rings. The topological polar surface area (TPSA) is 29.1 Å².